The first-order valence-electron chi connectivity index (χ1n) is 5.46. The van der Waals surface area contributed by atoms with Crippen molar-refractivity contribution >= 4 is 0 Å². The van der Waals surface area contributed by atoms with Crippen LogP contribution >= 0.6 is 0 Å². The molecule has 0 spiro atoms. The zero-order valence-electron chi connectivity index (χ0n) is 10.1. The average molecular weight is 180 g/mol. The molecule has 0 heteroatoms. The van der Waals surface area contributed by atoms with E-state index in [0.29, 0.717) is 10.8 Å². The molecule has 0 atom stereocenters. The Bertz CT molecular complexity index is 223. The maximum atomic E-state index is 2.40. The van der Waals surface area contributed by atoms with E-state index < -0.39 is 0 Å². The molecule has 0 radical (unpaired) electrons. The lowest BCUT2D eigenvalue weighted by atomic mass is 9.64. The first-order valence-corrected chi connectivity index (χ1v) is 5.46. The fourth-order valence-electron chi connectivity index (χ4n) is 2.19. The molecule has 0 heterocycles. The van der Waals surface area contributed by atoms with Crippen molar-refractivity contribution < 1.29 is 0 Å². The summed E-state index contributed by atoms with van der Waals surface area (Å²) in [6.07, 6.45) is 4.03. The Kier molecular flexibility index (Phi) is 2.62. The van der Waals surface area contributed by atoms with Crippen molar-refractivity contribution in [3.8, 4) is 0 Å². The summed E-state index contributed by atoms with van der Waals surface area (Å²) in [6, 6.07) is 0. The predicted molar refractivity (Wildman–Crippen MR) is 59.8 cm³/mol. The minimum Gasteiger partial charge on any atom is -0.0735 e. The lowest BCUT2D eigenvalue weighted by molar-refractivity contribution is 0.173. The summed E-state index contributed by atoms with van der Waals surface area (Å²) in [5, 5.41) is 0. The van der Waals surface area contributed by atoms with E-state index in [9.17, 15) is 0 Å². The molecular formula is C13H24. The van der Waals surface area contributed by atoms with Gasteiger partial charge in [-0.05, 0) is 37.0 Å². The molecule has 0 nitrogen and oxygen atoms in total. The normalized spacial score (nSPS) is 19.8. The van der Waals surface area contributed by atoms with Gasteiger partial charge in [0.05, 0.1) is 0 Å². The smallest absolute Gasteiger partial charge is 0.00936 e. The van der Waals surface area contributed by atoms with Gasteiger partial charge in [0.25, 0.3) is 0 Å². The highest BCUT2D eigenvalue weighted by atomic mass is 14.4. The summed E-state index contributed by atoms with van der Waals surface area (Å²) in [6.45, 7) is 14.2. The highest BCUT2D eigenvalue weighted by Gasteiger charge is 2.37. The molecule has 76 valence electrons. The highest BCUT2D eigenvalue weighted by Crippen LogP contribution is 2.49. The third kappa shape index (κ3) is 1.82. The first-order chi connectivity index (χ1) is 5.77. The van der Waals surface area contributed by atoms with Crippen LogP contribution in [0.5, 0.6) is 0 Å². The van der Waals surface area contributed by atoms with Gasteiger partial charge in [-0.1, -0.05) is 45.8 Å². The average Bonchev–Trinajstić information content (AvgIpc) is 2.32. The third-order valence-corrected chi connectivity index (χ3v) is 4.12. The Morgan fingerprint density at radius 2 is 1.46 bits per heavy atom. The van der Waals surface area contributed by atoms with Gasteiger partial charge in [-0.2, -0.15) is 0 Å². The second-order valence-corrected chi connectivity index (χ2v) is 5.99. The van der Waals surface area contributed by atoms with Crippen LogP contribution in [-0.4, -0.2) is 0 Å². The van der Waals surface area contributed by atoms with Gasteiger partial charge in [-0.3, -0.25) is 0 Å². The van der Waals surface area contributed by atoms with E-state index in [1.807, 2.05) is 0 Å². The van der Waals surface area contributed by atoms with Gasteiger partial charge in [0.1, 0.15) is 0 Å². The van der Waals surface area contributed by atoms with Gasteiger partial charge in [-0.25, -0.2) is 0 Å². The van der Waals surface area contributed by atoms with Crippen LogP contribution in [0, 0.1) is 10.8 Å². The molecule has 0 aromatic carbocycles. The zero-order chi connectivity index (χ0) is 10.3. The maximum absolute atomic E-state index is 2.40. The first kappa shape index (κ1) is 10.8. The van der Waals surface area contributed by atoms with Gasteiger partial charge in [0.2, 0.25) is 0 Å². The number of hydrogen-bond donors (Lipinski definition) is 0. The zero-order valence-corrected chi connectivity index (χ0v) is 10.1. The summed E-state index contributed by atoms with van der Waals surface area (Å²) in [7, 11) is 0. The fraction of sp³-hybridized carbons (Fsp3) is 0.846. The molecule has 0 unspecified atom stereocenters. The van der Waals surface area contributed by atoms with Crippen molar-refractivity contribution in [2.75, 3.05) is 0 Å². The van der Waals surface area contributed by atoms with Crippen LogP contribution < -0.4 is 0 Å². The molecular weight excluding hydrogens is 156 g/mol. The highest BCUT2D eigenvalue weighted by molar-refractivity contribution is 5.25. The van der Waals surface area contributed by atoms with Crippen LogP contribution in [-0.2, 0) is 0 Å². The standard InChI is InChI=1S/C13H24/c1-10-8-7-9-11(10)13(5,6)12(2,3)4/h7-9H2,1-6H3. The van der Waals surface area contributed by atoms with Crippen LogP contribution in [0.4, 0.5) is 0 Å². The minimum atomic E-state index is 0.369. The Morgan fingerprint density at radius 3 is 1.77 bits per heavy atom. The lowest BCUT2D eigenvalue weighted by Crippen LogP contribution is -2.31. The van der Waals surface area contributed by atoms with Crippen molar-refractivity contribution in [2.45, 2.75) is 60.8 Å². The summed E-state index contributed by atoms with van der Waals surface area (Å²) in [5.74, 6) is 0. The van der Waals surface area contributed by atoms with Crippen molar-refractivity contribution in [2.24, 2.45) is 10.8 Å². The van der Waals surface area contributed by atoms with Crippen LogP contribution in [0.3, 0.4) is 0 Å². The van der Waals surface area contributed by atoms with E-state index in [-0.39, 0.29) is 0 Å². The van der Waals surface area contributed by atoms with E-state index in [4.69, 9.17) is 0 Å². The molecule has 1 aliphatic carbocycles. The van der Waals surface area contributed by atoms with Crippen molar-refractivity contribution in [3.05, 3.63) is 11.1 Å². The van der Waals surface area contributed by atoms with Crippen molar-refractivity contribution in [1.82, 2.24) is 0 Å². The van der Waals surface area contributed by atoms with Crippen LogP contribution in [0.15, 0.2) is 11.1 Å². The fourth-order valence-corrected chi connectivity index (χ4v) is 2.19. The summed E-state index contributed by atoms with van der Waals surface area (Å²) in [4.78, 5) is 0. The molecule has 1 aliphatic rings. The van der Waals surface area contributed by atoms with Crippen LogP contribution in [0.2, 0.25) is 0 Å². The van der Waals surface area contributed by atoms with Gasteiger partial charge >= 0.3 is 0 Å². The van der Waals surface area contributed by atoms with Gasteiger partial charge < -0.3 is 0 Å². The van der Waals surface area contributed by atoms with Crippen LogP contribution in [0.25, 0.3) is 0 Å². The Labute approximate surface area is 83.4 Å². The van der Waals surface area contributed by atoms with E-state index in [2.05, 4.69) is 41.5 Å². The number of allylic oxidation sites excluding steroid dienone is 2. The summed E-state index contributed by atoms with van der Waals surface area (Å²) < 4.78 is 0. The van der Waals surface area contributed by atoms with E-state index >= 15 is 0 Å². The Balaban J connectivity index is 2.99. The number of hydrogen-bond acceptors (Lipinski definition) is 0. The molecule has 0 fully saturated rings. The monoisotopic (exact) mass is 180 g/mol. The van der Waals surface area contributed by atoms with Crippen molar-refractivity contribution in [3.63, 3.8) is 0 Å². The predicted octanol–water partition coefficient (Wildman–Crippen LogP) is 4.56. The molecule has 0 saturated carbocycles. The van der Waals surface area contributed by atoms with Gasteiger partial charge in [0.15, 0.2) is 0 Å². The molecule has 0 aliphatic heterocycles. The molecule has 0 N–H and O–H groups in total. The molecule has 0 aromatic rings. The van der Waals surface area contributed by atoms with Crippen molar-refractivity contribution in [1.29, 1.82) is 0 Å². The molecule has 0 saturated heterocycles. The van der Waals surface area contributed by atoms with E-state index in [1.54, 1.807) is 11.1 Å². The van der Waals surface area contributed by atoms with Gasteiger partial charge in [-0.15, -0.1) is 0 Å². The second kappa shape index (κ2) is 3.15. The van der Waals surface area contributed by atoms with Gasteiger partial charge in [0, 0.05) is 0 Å². The van der Waals surface area contributed by atoms with E-state index in [1.165, 1.54) is 19.3 Å². The minimum absolute atomic E-state index is 0.369. The van der Waals surface area contributed by atoms with E-state index in [0.717, 1.165) is 0 Å². The van der Waals surface area contributed by atoms with Crippen LogP contribution in [0.1, 0.15) is 60.8 Å². The Morgan fingerprint density at radius 1 is 0.923 bits per heavy atom. The molecule has 13 heavy (non-hydrogen) atoms. The lowest BCUT2D eigenvalue weighted by Gasteiger charge is -2.41. The molecule has 0 aromatic heterocycles. The Hall–Kier alpha value is -0.260. The second-order valence-electron chi connectivity index (χ2n) is 5.99. The SMILES string of the molecule is CC1=C(C(C)(C)C(C)(C)C)CCC1. The summed E-state index contributed by atoms with van der Waals surface area (Å²) in [5.41, 5.74) is 4.13. The molecule has 1 rings (SSSR count). The maximum Gasteiger partial charge on any atom is -0.00936 e. The largest absolute Gasteiger partial charge is 0.0735 e. The number of rotatable bonds is 1. The summed E-state index contributed by atoms with van der Waals surface area (Å²) >= 11 is 0. The topological polar surface area (TPSA) is 0 Å². The molecule has 0 amide bonds. The quantitative estimate of drug-likeness (QED) is 0.519. The third-order valence-electron chi connectivity index (χ3n) is 4.12. The molecule has 0 bridgehead atoms.